The molecule has 0 atom stereocenters. The number of fused-ring (bicyclic) bond motifs is 1. The summed E-state index contributed by atoms with van der Waals surface area (Å²) in [5, 5.41) is 14.1. The standard InChI is InChI=1S/C23H29N5O2/c1-3-28-16(2)19(20-6-4-5-7-21(20)28)8-11-24-18-9-12-27(13-10-18)23-25-14-17(15-26-23)22(29)30/h4-7,14-15,18,24H,3,8-13H2,1-2H3,(H,29,30). The molecule has 1 aliphatic rings. The molecule has 30 heavy (non-hydrogen) atoms. The molecule has 7 heteroatoms. The van der Waals surface area contributed by atoms with E-state index < -0.39 is 5.97 Å². The molecule has 1 saturated heterocycles. The summed E-state index contributed by atoms with van der Waals surface area (Å²) < 4.78 is 2.40. The van der Waals surface area contributed by atoms with E-state index in [0.29, 0.717) is 12.0 Å². The maximum absolute atomic E-state index is 10.9. The average molecular weight is 408 g/mol. The van der Waals surface area contributed by atoms with Gasteiger partial charge in [0.25, 0.3) is 0 Å². The lowest BCUT2D eigenvalue weighted by Crippen LogP contribution is -2.43. The molecular formula is C23H29N5O2. The molecule has 7 nitrogen and oxygen atoms in total. The molecule has 1 fully saturated rings. The first kappa shape index (κ1) is 20.3. The second-order valence-electron chi connectivity index (χ2n) is 7.87. The van der Waals surface area contributed by atoms with E-state index >= 15 is 0 Å². The number of para-hydroxylation sites is 1. The number of aromatic carboxylic acids is 1. The van der Waals surface area contributed by atoms with Crippen LogP contribution in [0.25, 0.3) is 10.9 Å². The van der Waals surface area contributed by atoms with Crippen LogP contribution in [0, 0.1) is 6.92 Å². The van der Waals surface area contributed by atoms with E-state index in [1.807, 2.05) is 0 Å². The normalized spacial score (nSPS) is 15.1. The summed E-state index contributed by atoms with van der Waals surface area (Å²) in [5.74, 6) is -0.386. The van der Waals surface area contributed by atoms with Gasteiger partial charge in [-0.1, -0.05) is 18.2 Å². The monoisotopic (exact) mass is 407 g/mol. The van der Waals surface area contributed by atoms with Crippen molar-refractivity contribution in [3.63, 3.8) is 0 Å². The number of aryl methyl sites for hydroxylation is 1. The summed E-state index contributed by atoms with van der Waals surface area (Å²) in [6.07, 6.45) is 5.84. The van der Waals surface area contributed by atoms with Crippen LogP contribution in [0.3, 0.4) is 0 Å². The average Bonchev–Trinajstić information content (AvgIpc) is 3.05. The van der Waals surface area contributed by atoms with Gasteiger partial charge in [0.15, 0.2) is 0 Å². The number of piperidine rings is 1. The zero-order valence-corrected chi connectivity index (χ0v) is 17.6. The van der Waals surface area contributed by atoms with Gasteiger partial charge < -0.3 is 19.9 Å². The highest BCUT2D eigenvalue weighted by atomic mass is 16.4. The van der Waals surface area contributed by atoms with Crippen LogP contribution in [0.15, 0.2) is 36.7 Å². The van der Waals surface area contributed by atoms with Crippen LogP contribution in [0.2, 0.25) is 0 Å². The molecule has 0 bridgehead atoms. The number of rotatable bonds is 7. The first-order valence-electron chi connectivity index (χ1n) is 10.7. The number of aromatic nitrogens is 3. The number of nitrogens with one attached hydrogen (secondary N) is 1. The van der Waals surface area contributed by atoms with E-state index in [-0.39, 0.29) is 5.56 Å². The highest BCUT2D eigenvalue weighted by Gasteiger charge is 2.21. The highest BCUT2D eigenvalue weighted by molar-refractivity contribution is 5.87. The van der Waals surface area contributed by atoms with Gasteiger partial charge in [0.05, 0.1) is 5.56 Å². The van der Waals surface area contributed by atoms with Crippen LogP contribution in [-0.2, 0) is 13.0 Å². The van der Waals surface area contributed by atoms with Gasteiger partial charge in [0, 0.05) is 54.7 Å². The number of nitrogens with zero attached hydrogens (tertiary/aromatic N) is 4. The molecule has 0 unspecified atom stereocenters. The second kappa shape index (κ2) is 8.83. The molecule has 2 aromatic heterocycles. The van der Waals surface area contributed by atoms with Crippen LogP contribution < -0.4 is 10.2 Å². The van der Waals surface area contributed by atoms with E-state index in [0.717, 1.165) is 45.4 Å². The topological polar surface area (TPSA) is 83.3 Å². The zero-order valence-electron chi connectivity index (χ0n) is 17.6. The highest BCUT2D eigenvalue weighted by Crippen LogP contribution is 2.26. The minimum Gasteiger partial charge on any atom is -0.478 e. The fourth-order valence-electron chi connectivity index (χ4n) is 4.51. The zero-order chi connectivity index (χ0) is 21.1. The third kappa shape index (κ3) is 4.03. The molecule has 4 rings (SSSR count). The third-order valence-corrected chi connectivity index (χ3v) is 6.15. The molecule has 3 aromatic rings. The first-order valence-corrected chi connectivity index (χ1v) is 10.7. The van der Waals surface area contributed by atoms with Crippen LogP contribution in [0.4, 0.5) is 5.95 Å². The van der Waals surface area contributed by atoms with E-state index in [4.69, 9.17) is 5.11 Å². The van der Waals surface area contributed by atoms with Crippen molar-refractivity contribution in [1.29, 1.82) is 0 Å². The van der Waals surface area contributed by atoms with Crippen LogP contribution in [0.5, 0.6) is 0 Å². The van der Waals surface area contributed by atoms with E-state index in [2.05, 4.69) is 62.9 Å². The predicted molar refractivity (Wildman–Crippen MR) is 118 cm³/mol. The Morgan fingerprint density at radius 3 is 2.57 bits per heavy atom. The first-order chi connectivity index (χ1) is 14.6. The Kier molecular flexibility index (Phi) is 5.99. The Morgan fingerprint density at radius 2 is 1.90 bits per heavy atom. The van der Waals surface area contributed by atoms with Gasteiger partial charge in [-0.2, -0.15) is 0 Å². The summed E-state index contributed by atoms with van der Waals surface area (Å²) in [6.45, 7) is 8.14. The van der Waals surface area contributed by atoms with Gasteiger partial charge in [-0.05, 0) is 51.3 Å². The van der Waals surface area contributed by atoms with Crippen molar-refractivity contribution < 1.29 is 9.90 Å². The fraction of sp³-hybridized carbons (Fsp3) is 0.435. The molecule has 0 amide bonds. The summed E-state index contributed by atoms with van der Waals surface area (Å²) in [4.78, 5) is 21.5. The molecule has 1 aromatic carbocycles. The predicted octanol–water partition coefficient (Wildman–Crippen LogP) is 3.26. The van der Waals surface area contributed by atoms with Gasteiger partial charge in [-0.15, -0.1) is 0 Å². The van der Waals surface area contributed by atoms with Crippen LogP contribution >= 0.6 is 0 Å². The molecule has 3 heterocycles. The number of carbonyl (C=O) groups is 1. The summed E-state index contributed by atoms with van der Waals surface area (Å²) in [5.41, 5.74) is 4.27. The van der Waals surface area contributed by atoms with Gasteiger partial charge in [0.2, 0.25) is 5.95 Å². The lowest BCUT2D eigenvalue weighted by Gasteiger charge is -2.32. The molecule has 2 N–H and O–H groups in total. The third-order valence-electron chi connectivity index (χ3n) is 6.15. The minimum absolute atomic E-state index is 0.120. The lowest BCUT2D eigenvalue weighted by molar-refractivity contribution is 0.0696. The Morgan fingerprint density at radius 1 is 1.20 bits per heavy atom. The summed E-state index contributed by atoms with van der Waals surface area (Å²) >= 11 is 0. The Bertz CT molecular complexity index is 1020. The number of anilines is 1. The summed E-state index contributed by atoms with van der Waals surface area (Å²) in [7, 11) is 0. The van der Waals surface area contributed by atoms with E-state index in [1.165, 1.54) is 34.6 Å². The molecule has 0 saturated carbocycles. The Hall–Kier alpha value is -2.93. The maximum atomic E-state index is 10.9. The molecule has 1 aliphatic heterocycles. The van der Waals surface area contributed by atoms with Crippen molar-refractivity contribution in [2.24, 2.45) is 0 Å². The van der Waals surface area contributed by atoms with Crippen molar-refractivity contribution in [3.8, 4) is 0 Å². The van der Waals surface area contributed by atoms with Gasteiger partial charge in [-0.25, -0.2) is 14.8 Å². The van der Waals surface area contributed by atoms with Crippen molar-refractivity contribution >= 4 is 22.8 Å². The Labute approximate surface area is 176 Å². The SMILES string of the molecule is CCn1c(C)c(CCNC2CCN(c3ncc(C(=O)O)cn3)CC2)c2ccccc21. The number of hydrogen-bond acceptors (Lipinski definition) is 5. The number of hydrogen-bond donors (Lipinski definition) is 2. The number of carboxylic acid groups (broad SMARTS) is 1. The molecule has 0 aliphatic carbocycles. The summed E-state index contributed by atoms with van der Waals surface area (Å²) in [6, 6.07) is 9.17. The van der Waals surface area contributed by atoms with Crippen LogP contribution in [-0.4, -0.2) is 51.3 Å². The van der Waals surface area contributed by atoms with Crippen molar-refractivity contribution in [2.75, 3.05) is 24.5 Å². The molecule has 158 valence electrons. The maximum Gasteiger partial charge on any atom is 0.338 e. The molecule has 0 radical (unpaired) electrons. The molecule has 0 spiro atoms. The largest absolute Gasteiger partial charge is 0.478 e. The number of carboxylic acids is 1. The second-order valence-corrected chi connectivity index (χ2v) is 7.87. The quantitative estimate of drug-likeness (QED) is 0.626. The van der Waals surface area contributed by atoms with Gasteiger partial charge >= 0.3 is 5.97 Å². The minimum atomic E-state index is -0.998. The van der Waals surface area contributed by atoms with E-state index in [1.54, 1.807) is 0 Å². The van der Waals surface area contributed by atoms with Crippen LogP contribution in [0.1, 0.15) is 41.4 Å². The van der Waals surface area contributed by atoms with Gasteiger partial charge in [0.1, 0.15) is 0 Å². The fourth-order valence-corrected chi connectivity index (χ4v) is 4.51. The van der Waals surface area contributed by atoms with E-state index in [9.17, 15) is 4.79 Å². The van der Waals surface area contributed by atoms with Gasteiger partial charge in [-0.3, -0.25) is 0 Å². The number of benzene rings is 1. The lowest BCUT2D eigenvalue weighted by atomic mass is 10.0. The molecular weight excluding hydrogens is 378 g/mol. The van der Waals surface area contributed by atoms with Crippen molar-refractivity contribution in [1.82, 2.24) is 19.9 Å². The smallest absolute Gasteiger partial charge is 0.338 e. The van der Waals surface area contributed by atoms with Crippen molar-refractivity contribution in [3.05, 3.63) is 53.5 Å². The Balaban J connectivity index is 1.31. The van der Waals surface area contributed by atoms with Crippen molar-refractivity contribution in [2.45, 2.75) is 45.7 Å².